The number of hydrogen-bond acceptors (Lipinski definition) is 4. The maximum absolute atomic E-state index is 4.59. The fourth-order valence-corrected chi connectivity index (χ4v) is 3.89. The summed E-state index contributed by atoms with van der Waals surface area (Å²) in [7, 11) is 1.81. The highest BCUT2D eigenvalue weighted by Gasteiger charge is 2.23. The molecule has 4 rings (SSSR count). The molecule has 1 saturated heterocycles. The first-order valence-corrected chi connectivity index (χ1v) is 9.38. The number of aromatic nitrogens is 2. The zero-order valence-electron chi connectivity index (χ0n) is 14.6. The van der Waals surface area contributed by atoms with Crippen LogP contribution in [-0.4, -0.2) is 41.5 Å². The van der Waals surface area contributed by atoms with Gasteiger partial charge in [-0.2, -0.15) is 0 Å². The quantitative estimate of drug-likeness (QED) is 0.341. The second-order valence-electron chi connectivity index (χ2n) is 6.16. The van der Waals surface area contributed by atoms with E-state index >= 15 is 0 Å². The summed E-state index contributed by atoms with van der Waals surface area (Å²) >= 11 is 1.65. The van der Waals surface area contributed by atoms with E-state index in [2.05, 4.69) is 62.0 Å². The molecule has 1 fully saturated rings. The maximum atomic E-state index is 4.59. The lowest BCUT2D eigenvalue weighted by Crippen LogP contribution is -2.44. The van der Waals surface area contributed by atoms with Crippen molar-refractivity contribution in [2.45, 2.75) is 19.0 Å². The van der Waals surface area contributed by atoms with Gasteiger partial charge in [-0.15, -0.1) is 35.3 Å². The van der Waals surface area contributed by atoms with Gasteiger partial charge in [-0.3, -0.25) is 9.39 Å². The van der Waals surface area contributed by atoms with Crippen LogP contribution in [0.15, 0.2) is 53.1 Å². The van der Waals surface area contributed by atoms with E-state index in [0.29, 0.717) is 12.6 Å². The molecule has 8 heteroatoms. The molecule has 1 unspecified atom stereocenters. The number of imidazole rings is 1. The van der Waals surface area contributed by atoms with E-state index in [4.69, 9.17) is 0 Å². The molecule has 0 spiro atoms. The van der Waals surface area contributed by atoms with Crippen LogP contribution in [-0.2, 0) is 6.54 Å². The Balaban J connectivity index is 0.00000196. The van der Waals surface area contributed by atoms with Gasteiger partial charge < -0.3 is 15.5 Å². The smallest absolute Gasteiger partial charge is 0.193 e. The minimum absolute atomic E-state index is 0. The van der Waals surface area contributed by atoms with Crippen LogP contribution in [0.4, 0.5) is 5.69 Å². The molecule has 1 aliphatic rings. The molecule has 0 saturated carbocycles. The number of nitrogens with one attached hydrogen (secondary N) is 2. The molecule has 6 nitrogen and oxygen atoms in total. The lowest BCUT2D eigenvalue weighted by molar-refractivity contribution is 0.647. The lowest BCUT2D eigenvalue weighted by atomic mass is 10.3. The number of para-hydroxylation sites is 1. The number of halogens is 1. The SMILES string of the molecule is CN=C(NCc1cn2ccsc2n1)NC1CCN(c2ccccc2)C1.I. The second-order valence-corrected chi connectivity index (χ2v) is 7.04. The van der Waals surface area contributed by atoms with Gasteiger partial charge in [0.2, 0.25) is 0 Å². The van der Waals surface area contributed by atoms with Crippen LogP contribution >= 0.6 is 35.3 Å². The zero-order valence-corrected chi connectivity index (χ0v) is 17.8. The molecule has 138 valence electrons. The molecule has 26 heavy (non-hydrogen) atoms. The summed E-state index contributed by atoms with van der Waals surface area (Å²) < 4.78 is 2.05. The van der Waals surface area contributed by atoms with E-state index in [1.807, 2.05) is 23.0 Å². The largest absolute Gasteiger partial charge is 0.369 e. The van der Waals surface area contributed by atoms with Gasteiger partial charge in [0.15, 0.2) is 10.9 Å². The molecule has 1 aromatic carbocycles. The Kier molecular flexibility index (Phi) is 6.36. The van der Waals surface area contributed by atoms with Crippen LogP contribution in [0.3, 0.4) is 0 Å². The van der Waals surface area contributed by atoms with Crippen molar-refractivity contribution in [1.82, 2.24) is 20.0 Å². The summed E-state index contributed by atoms with van der Waals surface area (Å²) in [4.78, 5) is 12.4. The molecule has 0 aliphatic carbocycles. The molecule has 2 N–H and O–H groups in total. The van der Waals surface area contributed by atoms with Gasteiger partial charge in [0.25, 0.3) is 0 Å². The molecule has 3 aromatic rings. The van der Waals surface area contributed by atoms with Gasteiger partial charge in [-0.25, -0.2) is 4.98 Å². The monoisotopic (exact) mass is 482 g/mol. The van der Waals surface area contributed by atoms with Gasteiger partial charge in [-0.05, 0) is 18.6 Å². The number of aliphatic imine (C=N–C) groups is 1. The van der Waals surface area contributed by atoms with Crippen LogP contribution < -0.4 is 15.5 Å². The minimum Gasteiger partial charge on any atom is -0.369 e. The number of rotatable bonds is 4. The number of fused-ring (bicyclic) bond motifs is 1. The highest BCUT2D eigenvalue weighted by atomic mass is 127. The van der Waals surface area contributed by atoms with E-state index in [1.165, 1.54) is 5.69 Å². The highest BCUT2D eigenvalue weighted by Crippen LogP contribution is 2.19. The van der Waals surface area contributed by atoms with Crippen molar-refractivity contribution in [2.75, 3.05) is 25.0 Å². The molecule has 1 aliphatic heterocycles. The predicted molar refractivity (Wildman–Crippen MR) is 119 cm³/mol. The lowest BCUT2D eigenvalue weighted by Gasteiger charge is -2.20. The molecule has 3 heterocycles. The second kappa shape index (κ2) is 8.72. The average molecular weight is 482 g/mol. The molecule has 0 bridgehead atoms. The summed E-state index contributed by atoms with van der Waals surface area (Å²) in [6, 6.07) is 11.0. The Labute approximate surface area is 174 Å². The molecule has 0 radical (unpaired) electrons. The van der Waals surface area contributed by atoms with E-state index in [-0.39, 0.29) is 24.0 Å². The third-order valence-electron chi connectivity index (χ3n) is 4.45. The van der Waals surface area contributed by atoms with Crippen LogP contribution in [0.1, 0.15) is 12.1 Å². The van der Waals surface area contributed by atoms with Gasteiger partial charge in [-0.1, -0.05) is 18.2 Å². The van der Waals surface area contributed by atoms with Crippen molar-refractivity contribution >= 4 is 51.9 Å². The first-order chi connectivity index (χ1) is 12.3. The Hall–Kier alpha value is -1.81. The van der Waals surface area contributed by atoms with Gasteiger partial charge in [0, 0.05) is 49.6 Å². The molecular formula is C18H23IN6S. The summed E-state index contributed by atoms with van der Waals surface area (Å²) in [6.07, 6.45) is 5.19. The summed E-state index contributed by atoms with van der Waals surface area (Å²) in [6.45, 7) is 2.73. The summed E-state index contributed by atoms with van der Waals surface area (Å²) in [5.41, 5.74) is 2.31. The minimum atomic E-state index is 0. The highest BCUT2D eigenvalue weighted by molar-refractivity contribution is 14.0. The van der Waals surface area contributed by atoms with Gasteiger partial charge >= 0.3 is 0 Å². The van der Waals surface area contributed by atoms with Crippen molar-refractivity contribution in [3.8, 4) is 0 Å². The fourth-order valence-electron chi connectivity index (χ4n) is 3.17. The van der Waals surface area contributed by atoms with Crippen molar-refractivity contribution in [1.29, 1.82) is 0 Å². The van der Waals surface area contributed by atoms with Crippen molar-refractivity contribution in [3.63, 3.8) is 0 Å². The Morgan fingerprint density at radius 1 is 1.35 bits per heavy atom. The van der Waals surface area contributed by atoms with Gasteiger partial charge in [0.05, 0.1) is 12.2 Å². The number of anilines is 1. The maximum Gasteiger partial charge on any atom is 0.193 e. The van der Waals surface area contributed by atoms with E-state index in [1.54, 1.807) is 11.3 Å². The summed E-state index contributed by atoms with van der Waals surface area (Å²) in [5, 5.41) is 8.94. The van der Waals surface area contributed by atoms with Crippen molar-refractivity contribution in [3.05, 3.63) is 53.8 Å². The summed E-state index contributed by atoms with van der Waals surface area (Å²) in [5.74, 6) is 0.830. The number of hydrogen-bond donors (Lipinski definition) is 2. The Bertz CT molecular complexity index is 830. The molecule has 1 atom stereocenters. The van der Waals surface area contributed by atoms with E-state index < -0.39 is 0 Å². The Morgan fingerprint density at radius 3 is 2.96 bits per heavy atom. The number of thiazole rings is 1. The number of benzene rings is 1. The number of nitrogens with zero attached hydrogens (tertiary/aromatic N) is 4. The van der Waals surface area contributed by atoms with Crippen LogP contribution in [0.2, 0.25) is 0 Å². The van der Waals surface area contributed by atoms with Crippen LogP contribution in [0, 0.1) is 0 Å². The normalized spacial score (nSPS) is 17.3. The van der Waals surface area contributed by atoms with Gasteiger partial charge in [0.1, 0.15) is 0 Å². The number of guanidine groups is 1. The molecule has 2 aromatic heterocycles. The average Bonchev–Trinajstić information content (AvgIpc) is 3.35. The van der Waals surface area contributed by atoms with Crippen LogP contribution in [0.25, 0.3) is 4.96 Å². The molecule has 0 amide bonds. The van der Waals surface area contributed by atoms with E-state index in [0.717, 1.165) is 36.1 Å². The topological polar surface area (TPSA) is 57.0 Å². The third-order valence-corrected chi connectivity index (χ3v) is 5.22. The fraction of sp³-hybridized carbons (Fsp3) is 0.333. The first kappa shape index (κ1) is 19.0. The zero-order chi connectivity index (χ0) is 17.1. The standard InChI is InChI=1S/C18H22N6S.HI/c1-19-17(20-11-15-13-24-9-10-25-18(24)22-15)21-14-7-8-23(12-14)16-5-3-2-4-6-16;/h2-6,9-10,13-14H,7-8,11-12H2,1H3,(H2,19,20,21);1H. The predicted octanol–water partition coefficient (Wildman–Crippen LogP) is 2.96. The third kappa shape index (κ3) is 4.29. The first-order valence-electron chi connectivity index (χ1n) is 8.50. The van der Waals surface area contributed by atoms with Crippen molar-refractivity contribution < 1.29 is 0 Å². The van der Waals surface area contributed by atoms with E-state index in [9.17, 15) is 0 Å². The molecular weight excluding hydrogens is 459 g/mol. The van der Waals surface area contributed by atoms with Crippen molar-refractivity contribution in [2.24, 2.45) is 4.99 Å². The Morgan fingerprint density at radius 2 is 2.19 bits per heavy atom. The van der Waals surface area contributed by atoms with Crippen LogP contribution in [0.5, 0.6) is 0 Å².